The number of halogens is 1. The van der Waals surface area contributed by atoms with Gasteiger partial charge in [-0.3, -0.25) is 0 Å². The van der Waals surface area contributed by atoms with Crippen molar-refractivity contribution in [1.82, 2.24) is 0 Å². The van der Waals surface area contributed by atoms with Gasteiger partial charge in [-0.15, -0.1) is 0 Å². The molecule has 0 radical (unpaired) electrons. The van der Waals surface area contributed by atoms with Crippen molar-refractivity contribution >= 4 is 11.4 Å². The van der Waals surface area contributed by atoms with Gasteiger partial charge in [0.2, 0.25) is 0 Å². The average Bonchev–Trinajstić information content (AvgIpc) is 2.38. The Morgan fingerprint density at radius 2 is 1.74 bits per heavy atom. The molecular formula is C16H18FNO. The summed E-state index contributed by atoms with van der Waals surface area (Å²) in [6.45, 7) is 3.65. The zero-order valence-corrected chi connectivity index (χ0v) is 11.4. The van der Waals surface area contributed by atoms with Crippen LogP contribution in [0, 0.1) is 12.7 Å². The molecule has 0 aliphatic carbocycles. The van der Waals surface area contributed by atoms with Crippen LogP contribution in [0.4, 0.5) is 15.8 Å². The molecule has 0 heterocycles. The Balaban J connectivity index is 2.49. The maximum Gasteiger partial charge on any atom is 0.147 e. The highest BCUT2D eigenvalue weighted by atomic mass is 19.1. The van der Waals surface area contributed by atoms with Crippen LogP contribution in [0.5, 0.6) is 0 Å². The third-order valence-corrected chi connectivity index (χ3v) is 3.22. The summed E-state index contributed by atoms with van der Waals surface area (Å²) in [5, 5.41) is 9.78. The van der Waals surface area contributed by atoms with E-state index in [9.17, 15) is 9.50 Å². The Bertz CT molecular complexity index is 563. The first kappa shape index (κ1) is 13.6. The number of para-hydroxylation sites is 1. The van der Waals surface area contributed by atoms with E-state index in [1.807, 2.05) is 31.2 Å². The van der Waals surface area contributed by atoms with E-state index in [4.69, 9.17) is 0 Å². The summed E-state index contributed by atoms with van der Waals surface area (Å²) in [6, 6.07) is 12.6. The topological polar surface area (TPSA) is 23.5 Å². The van der Waals surface area contributed by atoms with E-state index in [1.54, 1.807) is 31.0 Å². The molecule has 0 aromatic heterocycles. The second-order valence-electron chi connectivity index (χ2n) is 4.75. The van der Waals surface area contributed by atoms with Crippen molar-refractivity contribution in [2.45, 2.75) is 20.0 Å². The number of hydrogen-bond acceptors (Lipinski definition) is 2. The lowest BCUT2D eigenvalue weighted by Gasteiger charge is -2.24. The van der Waals surface area contributed by atoms with Crippen molar-refractivity contribution in [2.24, 2.45) is 0 Å². The van der Waals surface area contributed by atoms with Gasteiger partial charge in [0.1, 0.15) is 5.82 Å². The van der Waals surface area contributed by atoms with Crippen molar-refractivity contribution in [3.8, 4) is 0 Å². The molecule has 0 saturated carbocycles. The number of nitrogens with zero attached hydrogens (tertiary/aromatic N) is 1. The molecule has 0 fully saturated rings. The first-order valence-electron chi connectivity index (χ1n) is 6.27. The molecule has 0 aliphatic heterocycles. The highest BCUT2D eigenvalue weighted by Gasteiger charge is 2.17. The molecule has 2 rings (SSSR count). The molecule has 0 aliphatic rings. The van der Waals surface area contributed by atoms with Crippen LogP contribution in [0.15, 0.2) is 42.5 Å². The fourth-order valence-corrected chi connectivity index (χ4v) is 2.12. The maximum absolute atomic E-state index is 14.1. The number of hydrogen-bond donors (Lipinski definition) is 1. The minimum absolute atomic E-state index is 0.332. The van der Waals surface area contributed by atoms with Crippen LogP contribution in [0.2, 0.25) is 0 Å². The van der Waals surface area contributed by atoms with E-state index in [1.165, 1.54) is 6.07 Å². The molecule has 0 bridgehead atoms. The molecule has 1 N–H and O–H groups in total. The monoisotopic (exact) mass is 259 g/mol. The van der Waals surface area contributed by atoms with Crippen molar-refractivity contribution in [1.29, 1.82) is 0 Å². The van der Waals surface area contributed by atoms with Crippen molar-refractivity contribution < 1.29 is 9.50 Å². The second-order valence-corrected chi connectivity index (χ2v) is 4.75. The Kier molecular flexibility index (Phi) is 3.86. The number of aliphatic hydroxyl groups is 1. The number of rotatable bonds is 3. The summed E-state index contributed by atoms with van der Waals surface area (Å²) >= 11 is 0. The predicted molar refractivity (Wildman–Crippen MR) is 76.3 cm³/mol. The van der Waals surface area contributed by atoms with Crippen molar-refractivity contribution in [2.75, 3.05) is 11.9 Å². The molecule has 0 amide bonds. The Morgan fingerprint density at radius 3 is 2.32 bits per heavy atom. The molecule has 2 aromatic carbocycles. The molecule has 3 heteroatoms. The normalized spacial score (nSPS) is 12.3. The smallest absolute Gasteiger partial charge is 0.147 e. The lowest BCUT2D eigenvalue weighted by Crippen LogP contribution is -2.14. The molecule has 19 heavy (non-hydrogen) atoms. The molecule has 2 nitrogen and oxygen atoms in total. The van der Waals surface area contributed by atoms with Gasteiger partial charge in [0.25, 0.3) is 0 Å². The standard InChI is InChI=1S/C16H18FNO/c1-11-7-9-13(10-8-11)18(3)16-14(12(2)19)5-4-6-15(16)17/h4-10,12,19H,1-3H3. The zero-order chi connectivity index (χ0) is 14.0. The molecule has 0 spiro atoms. The SMILES string of the molecule is Cc1ccc(N(C)c2c(F)cccc2C(C)O)cc1. The Morgan fingerprint density at radius 1 is 1.11 bits per heavy atom. The van der Waals surface area contributed by atoms with Gasteiger partial charge in [0.15, 0.2) is 0 Å². The molecule has 1 atom stereocenters. The van der Waals surface area contributed by atoms with Crippen molar-refractivity contribution in [3.05, 3.63) is 59.4 Å². The molecule has 1 unspecified atom stereocenters. The van der Waals surface area contributed by atoms with Crippen LogP contribution in [0.1, 0.15) is 24.2 Å². The minimum atomic E-state index is -0.710. The number of aliphatic hydroxyl groups excluding tert-OH is 1. The quantitative estimate of drug-likeness (QED) is 0.902. The van der Waals surface area contributed by atoms with Gasteiger partial charge in [0.05, 0.1) is 11.8 Å². The largest absolute Gasteiger partial charge is 0.389 e. The second kappa shape index (κ2) is 5.41. The van der Waals surface area contributed by atoms with E-state index >= 15 is 0 Å². The first-order valence-corrected chi connectivity index (χ1v) is 6.27. The lowest BCUT2D eigenvalue weighted by atomic mass is 10.1. The van der Waals surface area contributed by atoms with Crippen LogP contribution < -0.4 is 4.90 Å². The van der Waals surface area contributed by atoms with Gasteiger partial charge >= 0.3 is 0 Å². The van der Waals surface area contributed by atoms with Crippen LogP contribution >= 0.6 is 0 Å². The molecular weight excluding hydrogens is 241 g/mol. The molecule has 100 valence electrons. The molecule has 2 aromatic rings. The van der Waals surface area contributed by atoms with Crippen LogP contribution in [-0.4, -0.2) is 12.2 Å². The van der Waals surface area contributed by atoms with Gasteiger partial charge in [-0.2, -0.15) is 0 Å². The highest BCUT2D eigenvalue weighted by molar-refractivity contribution is 5.67. The average molecular weight is 259 g/mol. The van der Waals surface area contributed by atoms with Crippen molar-refractivity contribution in [3.63, 3.8) is 0 Å². The van der Waals surface area contributed by atoms with Crippen LogP contribution in [-0.2, 0) is 0 Å². The first-order chi connectivity index (χ1) is 9.00. The Labute approximate surface area is 113 Å². The van der Waals surface area contributed by atoms with Gasteiger partial charge in [-0.25, -0.2) is 4.39 Å². The third kappa shape index (κ3) is 2.76. The van der Waals surface area contributed by atoms with Gasteiger partial charge in [0, 0.05) is 18.3 Å². The number of aryl methyl sites for hydroxylation is 1. The summed E-state index contributed by atoms with van der Waals surface area (Å²) in [5.74, 6) is -0.332. The van der Waals surface area contributed by atoms with Gasteiger partial charge < -0.3 is 10.0 Å². The Hall–Kier alpha value is -1.87. The summed E-state index contributed by atoms with van der Waals surface area (Å²) < 4.78 is 14.1. The van der Waals surface area contributed by atoms with E-state index in [2.05, 4.69) is 0 Å². The van der Waals surface area contributed by atoms with Crippen LogP contribution in [0.25, 0.3) is 0 Å². The molecule has 0 saturated heterocycles. The minimum Gasteiger partial charge on any atom is -0.389 e. The van der Waals surface area contributed by atoms with E-state index in [0.717, 1.165) is 11.3 Å². The summed E-state index contributed by atoms with van der Waals surface area (Å²) in [5.41, 5.74) is 3.04. The van der Waals surface area contributed by atoms with Gasteiger partial charge in [-0.1, -0.05) is 29.8 Å². The highest BCUT2D eigenvalue weighted by Crippen LogP contribution is 2.33. The summed E-state index contributed by atoms with van der Waals surface area (Å²) in [4.78, 5) is 1.76. The summed E-state index contributed by atoms with van der Waals surface area (Å²) in [6.07, 6.45) is -0.710. The van der Waals surface area contributed by atoms with Crippen LogP contribution in [0.3, 0.4) is 0 Å². The summed E-state index contributed by atoms with van der Waals surface area (Å²) in [7, 11) is 1.80. The number of anilines is 2. The van der Waals surface area contributed by atoms with E-state index in [0.29, 0.717) is 11.3 Å². The zero-order valence-electron chi connectivity index (χ0n) is 11.4. The fraction of sp³-hybridized carbons (Fsp3) is 0.250. The lowest BCUT2D eigenvalue weighted by molar-refractivity contribution is 0.199. The van der Waals surface area contributed by atoms with Gasteiger partial charge in [-0.05, 0) is 32.0 Å². The third-order valence-electron chi connectivity index (χ3n) is 3.22. The fourth-order valence-electron chi connectivity index (χ4n) is 2.12. The number of benzene rings is 2. The van der Waals surface area contributed by atoms with E-state index in [-0.39, 0.29) is 5.82 Å². The van der Waals surface area contributed by atoms with E-state index < -0.39 is 6.10 Å². The predicted octanol–water partition coefficient (Wildman–Crippen LogP) is 3.96. The maximum atomic E-state index is 14.1.